The molecule has 0 aromatic rings. The van der Waals surface area contributed by atoms with E-state index in [-0.39, 0.29) is 18.1 Å². The topological polar surface area (TPSA) is 64.3 Å². The molecular formula is C6H12N2O2. The maximum absolute atomic E-state index is 10.8. The predicted molar refractivity (Wildman–Crippen MR) is 36.4 cm³/mol. The molecule has 0 aromatic heterocycles. The SMILES string of the molecule is COC(=O)[C@H]1C[C@H](N)CN1. The van der Waals surface area contributed by atoms with Crippen molar-refractivity contribution in [3.63, 3.8) is 0 Å². The van der Waals surface area contributed by atoms with Gasteiger partial charge in [0.2, 0.25) is 0 Å². The van der Waals surface area contributed by atoms with E-state index in [2.05, 4.69) is 10.1 Å². The van der Waals surface area contributed by atoms with Gasteiger partial charge in [-0.15, -0.1) is 0 Å². The summed E-state index contributed by atoms with van der Waals surface area (Å²) in [5.41, 5.74) is 5.55. The van der Waals surface area contributed by atoms with E-state index in [0.29, 0.717) is 13.0 Å². The van der Waals surface area contributed by atoms with Crippen molar-refractivity contribution >= 4 is 5.97 Å². The highest BCUT2D eigenvalue weighted by Gasteiger charge is 2.27. The monoisotopic (exact) mass is 144 g/mol. The highest BCUT2D eigenvalue weighted by atomic mass is 16.5. The first kappa shape index (κ1) is 7.50. The molecule has 1 fully saturated rings. The smallest absolute Gasteiger partial charge is 0.322 e. The van der Waals surface area contributed by atoms with Gasteiger partial charge < -0.3 is 15.8 Å². The Labute approximate surface area is 59.7 Å². The van der Waals surface area contributed by atoms with Crippen molar-refractivity contribution in [2.24, 2.45) is 5.73 Å². The Morgan fingerprint density at radius 2 is 2.50 bits per heavy atom. The highest BCUT2D eigenvalue weighted by molar-refractivity contribution is 5.76. The Morgan fingerprint density at radius 1 is 1.80 bits per heavy atom. The molecule has 0 unspecified atom stereocenters. The molecule has 0 aliphatic carbocycles. The van der Waals surface area contributed by atoms with Crippen LogP contribution in [0.2, 0.25) is 0 Å². The lowest BCUT2D eigenvalue weighted by molar-refractivity contribution is -0.142. The maximum atomic E-state index is 10.8. The molecule has 3 N–H and O–H groups in total. The average Bonchev–Trinajstić information content (AvgIpc) is 2.34. The van der Waals surface area contributed by atoms with Crippen molar-refractivity contribution in [1.82, 2.24) is 5.32 Å². The molecule has 0 amide bonds. The minimum atomic E-state index is -0.215. The lowest BCUT2D eigenvalue weighted by Gasteiger charge is -2.05. The van der Waals surface area contributed by atoms with E-state index in [0.717, 1.165) is 0 Å². The molecule has 10 heavy (non-hydrogen) atoms. The molecule has 0 bridgehead atoms. The molecule has 0 saturated carbocycles. The number of nitrogens with two attached hydrogens (primary N) is 1. The Hall–Kier alpha value is -0.610. The van der Waals surface area contributed by atoms with Crippen molar-refractivity contribution in [3.8, 4) is 0 Å². The molecule has 4 nitrogen and oxygen atoms in total. The Bertz CT molecular complexity index is 138. The molecule has 58 valence electrons. The normalized spacial score (nSPS) is 32.2. The van der Waals surface area contributed by atoms with Crippen LogP contribution < -0.4 is 11.1 Å². The zero-order valence-electron chi connectivity index (χ0n) is 5.96. The fourth-order valence-electron chi connectivity index (χ4n) is 1.08. The van der Waals surface area contributed by atoms with Crippen molar-refractivity contribution in [2.75, 3.05) is 13.7 Å². The van der Waals surface area contributed by atoms with Crippen LogP contribution >= 0.6 is 0 Å². The number of ether oxygens (including phenoxy) is 1. The van der Waals surface area contributed by atoms with Gasteiger partial charge >= 0.3 is 5.97 Å². The highest BCUT2D eigenvalue weighted by Crippen LogP contribution is 2.04. The molecular weight excluding hydrogens is 132 g/mol. The Balaban J connectivity index is 2.37. The van der Waals surface area contributed by atoms with E-state index < -0.39 is 0 Å². The summed E-state index contributed by atoms with van der Waals surface area (Å²) in [6, 6.07) is -0.0795. The van der Waals surface area contributed by atoms with Crippen LogP contribution in [0.4, 0.5) is 0 Å². The molecule has 1 aliphatic rings. The average molecular weight is 144 g/mol. The summed E-state index contributed by atoms with van der Waals surface area (Å²) in [5, 5.41) is 2.96. The van der Waals surface area contributed by atoms with Crippen LogP contribution in [0, 0.1) is 0 Å². The maximum Gasteiger partial charge on any atom is 0.322 e. The molecule has 0 spiro atoms. The molecule has 1 heterocycles. The fraction of sp³-hybridized carbons (Fsp3) is 0.833. The molecule has 0 aromatic carbocycles. The summed E-state index contributed by atoms with van der Waals surface area (Å²) in [6.07, 6.45) is 0.687. The third kappa shape index (κ3) is 1.46. The van der Waals surface area contributed by atoms with Gasteiger partial charge in [-0.2, -0.15) is 0 Å². The van der Waals surface area contributed by atoms with E-state index in [1.807, 2.05) is 0 Å². The third-order valence-corrected chi connectivity index (χ3v) is 1.65. The minimum absolute atomic E-state index is 0.101. The second kappa shape index (κ2) is 2.98. The lowest BCUT2D eigenvalue weighted by Crippen LogP contribution is -2.31. The lowest BCUT2D eigenvalue weighted by atomic mass is 10.2. The zero-order chi connectivity index (χ0) is 7.56. The van der Waals surface area contributed by atoms with Gasteiger partial charge in [0.1, 0.15) is 6.04 Å². The van der Waals surface area contributed by atoms with Crippen LogP contribution in [-0.2, 0) is 9.53 Å². The molecule has 1 aliphatic heterocycles. The number of hydrogen-bond acceptors (Lipinski definition) is 4. The van der Waals surface area contributed by atoms with Gasteiger partial charge in [-0.05, 0) is 6.42 Å². The van der Waals surface area contributed by atoms with Crippen molar-refractivity contribution < 1.29 is 9.53 Å². The molecule has 1 saturated heterocycles. The summed E-state index contributed by atoms with van der Waals surface area (Å²) in [7, 11) is 1.38. The Kier molecular flexibility index (Phi) is 2.24. The van der Waals surface area contributed by atoms with Crippen LogP contribution in [0.3, 0.4) is 0 Å². The summed E-state index contributed by atoms with van der Waals surface area (Å²) < 4.78 is 4.53. The number of nitrogens with one attached hydrogen (secondary N) is 1. The van der Waals surface area contributed by atoms with E-state index in [9.17, 15) is 4.79 Å². The van der Waals surface area contributed by atoms with Gasteiger partial charge in [0, 0.05) is 12.6 Å². The zero-order valence-corrected chi connectivity index (χ0v) is 5.96. The standard InChI is InChI=1S/C6H12N2O2/c1-10-6(9)5-2-4(7)3-8-5/h4-5,8H,2-3,7H2,1H3/t4-,5+/m0/s1. The second-order valence-corrected chi connectivity index (χ2v) is 2.48. The van der Waals surface area contributed by atoms with Crippen molar-refractivity contribution in [1.29, 1.82) is 0 Å². The van der Waals surface area contributed by atoms with Crippen molar-refractivity contribution in [2.45, 2.75) is 18.5 Å². The van der Waals surface area contributed by atoms with Gasteiger partial charge in [-0.3, -0.25) is 4.79 Å². The molecule has 2 atom stereocenters. The first-order valence-corrected chi connectivity index (χ1v) is 3.31. The van der Waals surface area contributed by atoms with Crippen molar-refractivity contribution in [3.05, 3.63) is 0 Å². The van der Waals surface area contributed by atoms with Crippen LogP contribution in [0.1, 0.15) is 6.42 Å². The predicted octanol–water partition coefficient (Wildman–Crippen LogP) is -1.15. The number of esters is 1. The molecule has 1 rings (SSSR count). The minimum Gasteiger partial charge on any atom is -0.468 e. The third-order valence-electron chi connectivity index (χ3n) is 1.65. The number of methoxy groups -OCH3 is 1. The second-order valence-electron chi connectivity index (χ2n) is 2.48. The summed E-state index contributed by atoms with van der Waals surface area (Å²) in [5.74, 6) is -0.215. The summed E-state index contributed by atoms with van der Waals surface area (Å²) >= 11 is 0. The quantitative estimate of drug-likeness (QED) is 0.456. The van der Waals surface area contributed by atoms with Gasteiger partial charge in [-0.1, -0.05) is 0 Å². The van der Waals surface area contributed by atoms with E-state index in [1.54, 1.807) is 0 Å². The van der Waals surface area contributed by atoms with Gasteiger partial charge in [0.05, 0.1) is 7.11 Å². The number of carbonyl (C=O) groups excluding carboxylic acids is 1. The van der Waals surface area contributed by atoms with Gasteiger partial charge in [0.15, 0.2) is 0 Å². The van der Waals surface area contributed by atoms with Crippen LogP contribution in [0.15, 0.2) is 0 Å². The molecule has 0 radical (unpaired) electrons. The van der Waals surface area contributed by atoms with Gasteiger partial charge in [-0.25, -0.2) is 0 Å². The first-order valence-electron chi connectivity index (χ1n) is 3.31. The number of carbonyl (C=O) groups is 1. The fourth-order valence-corrected chi connectivity index (χ4v) is 1.08. The Morgan fingerprint density at radius 3 is 2.90 bits per heavy atom. The number of rotatable bonds is 1. The first-order chi connectivity index (χ1) is 4.74. The van der Waals surface area contributed by atoms with E-state index in [1.165, 1.54) is 7.11 Å². The van der Waals surface area contributed by atoms with Crippen LogP contribution in [0.5, 0.6) is 0 Å². The molecule has 4 heteroatoms. The van der Waals surface area contributed by atoms with Crippen LogP contribution in [0.25, 0.3) is 0 Å². The van der Waals surface area contributed by atoms with E-state index in [4.69, 9.17) is 5.73 Å². The number of hydrogen-bond donors (Lipinski definition) is 2. The largest absolute Gasteiger partial charge is 0.468 e. The van der Waals surface area contributed by atoms with Gasteiger partial charge in [0.25, 0.3) is 0 Å². The summed E-state index contributed by atoms with van der Waals surface area (Å²) in [4.78, 5) is 10.8. The van der Waals surface area contributed by atoms with Crippen LogP contribution in [-0.4, -0.2) is 31.7 Å². The summed E-state index contributed by atoms with van der Waals surface area (Å²) in [6.45, 7) is 0.708. The van der Waals surface area contributed by atoms with E-state index >= 15 is 0 Å².